The molecule has 4 rings (SSSR count). The van der Waals surface area contributed by atoms with Gasteiger partial charge in [-0.1, -0.05) is 12.1 Å². The summed E-state index contributed by atoms with van der Waals surface area (Å²) in [5, 5.41) is 0. The molecule has 7 heteroatoms. The molecule has 2 fully saturated rings. The number of aromatic nitrogens is 1. The zero-order valence-electron chi connectivity index (χ0n) is 15.4. The van der Waals surface area contributed by atoms with E-state index in [2.05, 4.69) is 16.0 Å². The number of imide groups is 1. The topological polar surface area (TPSA) is 68.4 Å². The number of amides is 2. The number of nitrogens with zero attached hydrogens (tertiary/aromatic N) is 2. The quantitative estimate of drug-likeness (QED) is 0.742. The molecule has 2 amide bonds. The van der Waals surface area contributed by atoms with Gasteiger partial charge >= 0.3 is 0 Å². The molecule has 2 aliphatic rings. The van der Waals surface area contributed by atoms with Gasteiger partial charge in [-0.15, -0.1) is 0 Å². The fourth-order valence-electron chi connectivity index (χ4n) is 3.94. The van der Waals surface area contributed by atoms with Crippen molar-refractivity contribution < 1.29 is 24.2 Å². The van der Waals surface area contributed by atoms with E-state index >= 15 is 0 Å². The predicted octanol–water partition coefficient (Wildman–Crippen LogP) is -0.454. The molecule has 2 N–H and O–H groups in total. The SMILES string of the molecule is COc1cccc(N2C(=O)C[C@H]([NH+]3CCN(c4cccc[nH+]4)CC3)C2=O)c1. The number of anilines is 2. The predicted molar refractivity (Wildman–Crippen MR) is 99.8 cm³/mol. The number of rotatable bonds is 4. The Morgan fingerprint density at radius 1 is 1.11 bits per heavy atom. The summed E-state index contributed by atoms with van der Waals surface area (Å²) in [5.74, 6) is 1.48. The molecule has 0 aliphatic carbocycles. The van der Waals surface area contributed by atoms with Gasteiger partial charge in [-0.05, 0) is 18.2 Å². The van der Waals surface area contributed by atoms with E-state index in [4.69, 9.17) is 4.74 Å². The molecule has 2 aromatic rings. The molecule has 1 aromatic carbocycles. The first kappa shape index (κ1) is 17.5. The van der Waals surface area contributed by atoms with Crippen LogP contribution in [0.4, 0.5) is 11.5 Å². The first-order chi connectivity index (χ1) is 13.2. The number of hydrogen-bond donors (Lipinski definition) is 1. The fraction of sp³-hybridized carbons (Fsp3) is 0.350. The minimum absolute atomic E-state index is 0.108. The van der Waals surface area contributed by atoms with Gasteiger partial charge in [-0.25, -0.2) is 9.88 Å². The van der Waals surface area contributed by atoms with Gasteiger partial charge in [0, 0.05) is 12.1 Å². The van der Waals surface area contributed by atoms with Gasteiger partial charge in [-0.2, -0.15) is 0 Å². The van der Waals surface area contributed by atoms with Crippen LogP contribution >= 0.6 is 0 Å². The van der Waals surface area contributed by atoms with E-state index in [-0.39, 0.29) is 24.3 Å². The van der Waals surface area contributed by atoms with Crippen LogP contribution in [0.5, 0.6) is 5.75 Å². The second kappa shape index (κ2) is 7.36. The Labute approximate surface area is 158 Å². The molecule has 1 aromatic heterocycles. The number of piperazine rings is 1. The van der Waals surface area contributed by atoms with Crippen molar-refractivity contribution in [3.8, 4) is 5.75 Å². The monoisotopic (exact) mass is 368 g/mol. The molecule has 0 bridgehead atoms. The number of nitrogens with one attached hydrogen (secondary N) is 2. The summed E-state index contributed by atoms with van der Waals surface area (Å²) in [6.45, 7) is 3.37. The lowest BCUT2D eigenvalue weighted by atomic mass is 10.1. The smallest absolute Gasteiger partial charge is 0.292 e. The molecule has 0 spiro atoms. The fourth-order valence-corrected chi connectivity index (χ4v) is 3.94. The van der Waals surface area contributed by atoms with Crippen LogP contribution in [0.3, 0.4) is 0 Å². The van der Waals surface area contributed by atoms with Crippen molar-refractivity contribution in [2.24, 2.45) is 0 Å². The standard InChI is InChI=1S/C20H22N4O3/c1-27-16-6-4-5-15(13-16)24-19(25)14-17(20(24)26)22-9-11-23(12-10-22)18-7-2-3-8-21-18/h2-8,13,17H,9-12,14H2,1H3/p+2/t17-/m0/s1. The largest absolute Gasteiger partial charge is 0.497 e. The van der Waals surface area contributed by atoms with Crippen LogP contribution in [-0.4, -0.2) is 51.1 Å². The van der Waals surface area contributed by atoms with Gasteiger partial charge in [0.1, 0.15) is 31.9 Å². The van der Waals surface area contributed by atoms with Gasteiger partial charge in [0.05, 0.1) is 25.4 Å². The van der Waals surface area contributed by atoms with Crippen LogP contribution in [0.2, 0.25) is 0 Å². The van der Waals surface area contributed by atoms with E-state index in [0.717, 1.165) is 32.0 Å². The first-order valence-electron chi connectivity index (χ1n) is 9.24. The minimum atomic E-state index is -0.300. The van der Waals surface area contributed by atoms with E-state index in [1.54, 1.807) is 31.4 Å². The molecule has 1 atom stereocenters. The maximum Gasteiger partial charge on any atom is 0.292 e. The Balaban J connectivity index is 1.45. The average Bonchev–Trinajstić information content (AvgIpc) is 3.03. The third kappa shape index (κ3) is 3.38. The maximum absolute atomic E-state index is 13.0. The second-order valence-corrected chi connectivity index (χ2v) is 6.92. The van der Waals surface area contributed by atoms with Crippen LogP contribution < -0.4 is 24.4 Å². The van der Waals surface area contributed by atoms with E-state index in [1.165, 1.54) is 9.80 Å². The van der Waals surface area contributed by atoms with E-state index in [0.29, 0.717) is 11.4 Å². The zero-order valence-corrected chi connectivity index (χ0v) is 15.4. The Kier molecular flexibility index (Phi) is 4.77. The number of quaternary nitrogens is 1. The first-order valence-corrected chi connectivity index (χ1v) is 9.24. The van der Waals surface area contributed by atoms with E-state index < -0.39 is 0 Å². The van der Waals surface area contributed by atoms with Gasteiger partial charge < -0.3 is 9.64 Å². The molecular weight excluding hydrogens is 344 g/mol. The van der Waals surface area contributed by atoms with Crippen molar-refractivity contribution >= 4 is 23.3 Å². The highest BCUT2D eigenvalue weighted by atomic mass is 16.5. The number of carbonyl (C=O) groups excluding carboxylic acids is 2. The second-order valence-electron chi connectivity index (χ2n) is 6.92. The zero-order chi connectivity index (χ0) is 18.8. The molecule has 27 heavy (non-hydrogen) atoms. The number of hydrogen-bond acceptors (Lipinski definition) is 4. The highest BCUT2D eigenvalue weighted by Gasteiger charge is 2.47. The van der Waals surface area contributed by atoms with Crippen LogP contribution in [0.25, 0.3) is 0 Å². The third-order valence-electron chi connectivity index (χ3n) is 5.39. The molecule has 7 nitrogen and oxygen atoms in total. The van der Waals surface area contributed by atoms with Crippen LogP contribution in [0.15, 0.2) is 48.7 Å². The Morgan fingerprint density at radius 3 is 2.63 bits per heavy atom. The van der Waals surface area contributed by atoms with E-state index in [9.17, 15) is 9.59 Å². The van der Waals surface area contributed by atoms with Crippen molar-refractivity contribution in [1.29, 1.82) is 0 Å². The average molecular weight is 368 g/mol. The summed E-state index contributed by atoms with van der Waals surface area (Å²) < 4.78 is 5.22. The highest BCUT2D eigenvalue weighted by molar-refractivity contribution is 6.21. The molecule has 0 unspecified atom stereocenters. The number of pyridine rings is 1. The van der Waals surface area contributed by atoms with Gasteiger partial charge in [0.15, 0.2) is 6.04 Å². The molecule has 0 saturated carbocycles. The lowest BCUT2D eigenvalue weighted by molar-refractivity contribution is -0.915. The summed E-state index contributed by atoms with van der Waals surface area (Å²) >= 11 is 0. The summed E-state index contributed by atoms with van der Waals surface area (Å²) in [6, 6.07) is 12.8. The molecule has 3 heterocycles. The summed E-state index contributed by atoms with van der Waals surface area (Å²) in [7, 11) is 1.57. The number of ether oxygens (including phenoxy) is 1. The van der Waals surface area contributed by atoms with Crippen LogP contribution in [0, 0.1) is 0 Å². The molecule has 2 saturated heterocycles. The highest BCUT2D eigenvalue weighted by Crippen LogP contribution is 2.25. The number of benzene rings is 1. The van der Waals surface area contributed by atoms with Gasteiger partial charge in [-0.3, -0.25) is 14.5 Å². The van der Waals surface area contributed by atoms with Gasteiger partial charge in [0.2, 0.25) is 5.91 Å². The van der Waals surface area contributed by atoms with Crippen molar-refractivity contribution in [2.75, 3.05) is 43.1 Å². The Morgan fingerprint density at radius 2 is 1.93 bits per heavy atom. The summed E-state index contributed by atoms with van der Waals surface area (Å²) in [5.41, 5.74) is 0.587. The Hall–Kier alpha value is -2.93. The van der Waals surface area contributed by atoms with Crippen LogP contribution in [0.1, 0.15) is 6.42 Å². The Bertz CT molecular complexity index is 834. The lowest BCUT2D eigenvalue weighted by Crippen LogP contribution is -3.19. The molecular formula is C20H24N4O3+2. The van der Waals surface area contributed by atoms with Crippen molar-refractivity contribution in [3.63, 3.8) is 0 Å². The molecule has 140 valence electrons. The van der Waals surface area contributed by atoms with Crippen molar-refractivity contribution in [2.45, 2.75) is 12.5 Å². The lowest BCUT2D eigenvalue weighted by Gasteiger charge is -2.31. The van der Waals surface area contributed by atoms with Gasteiger partial charge in [0.25, 0.3) is 11.7 Å². The number of aromatic amines is 1. The normalized spacial score (nSPS) is 21.0. The third-order valence-corrected chi connectivity index (χ3v) is 5.39. The van der Waals surface area contributed by atoms with Crippen molar-refractivity contribution in [3.05, 3.63) is 48.7 Å². The maximum atomic E-state index is 13.0. The number of methoxy groups -OCH3 is 1. The summed E-state index contributed by atoms with van der Waals surface area (Å²) in [4.78, 5) is 33.6. The van der Waals surface area contributed by atoms with E-state index in [1.807, 2.05) is 18.3 Å². The molecule has 2 aliphatic heterocycles. The number of H-pyrrole nitrogens is 1. The number of carbonyl (C=O) groups is 2. The molecule has 0 radical (unpaired) electrons. The minimum Gasteiger partial charge on any atom is -0.497 e. The van der Waals surface area contributed by atoms with Crippen molar-refractivity contribution in [1.82, 2.24) is 0 Å². The van der Waals surface area contributed by atoms with Crippen LogP contribution in [-0.2, 0) is 9.59 Å². The summed E-state index contributed by atoms with van der Waals surface area (Å²) in [6.07, 6.45) is 2.18.